The van der Waals surface area contributed by atoms with Gasteiger partial charge in [-0.15, -0.1) is 0 Å². The van der Waals surface area contributed by atoms with Crippen molar-refractivity contribution in [2.75, 3.05) is 17.7 Å². The maximum Gasteiger partial charge on any atom is 0.411 e. The Morgan fingerprint density at radius 1 is 1.44 bits per heavy atom. The first-order chi connectivity index (χ1) is 8.54. The van der Waals surface area contributed by atoms with Crippen molar-refractivity contribution in [2.45, 2.75) is 39.5 Å². The molecule has 0 bridgehead atoms. The van der Waals surface area contributed by atoms with Crippen LogP contribution in [0.15, 0.2) is 18.2 Å². The van der Waals surface area contributed by atoms with E-state index >= 15 is 0 Å². The Labute approximate surface area is 109 Å². The Kier molecular flexibility index (Phi) is 5.49. The molecule has 4 heteroatoms. The van der Waals surface area contributed by atoms with Gasteiger partial charge in [-0.3, -0.25) is 5.32 Å². The highest BCUT2D eigenvalue weighted by Crippen LogP contribution is 2.24. The fourth-order valence-corrected chi connectivity index (χ4v) is 1.64. The molecule has 0 aliphatic carbocycles. The Morgan fingerprint density at radius 2 is 2.17 bits per heavy atom. The lowest BCUT2D eigenvalue weighted by Gasteiger charge is -2.12. The number of hydrogen-bond donors (Lipinski definition) is 2. The SMILES string of the molecule is CCCCOC(=O)Nc1ccc(C(C)C)c(N)c1. The molecule has 0 fully saturated rings. The summed E-state index contributed by atoms with van der Waals surface area (Å²) in [4.78, 5) is 11.4. The standard InChI is InChI=1S/C14H22N2O2/c1-4-5-8-18-14(17)16-11-6-7-12(10(2)3)13(15)9-11/h6-7,9-10H,4-5,8,15H2,1-3H3,(H,16,17). The molecule has 1 rings (SSSR count). The number of anilines is 2. The fourth-order valence-electron chi connectivity index (χ4n) is 1.64. The fraction of sp³-hybridized carbons (Fsp3) is 0.500. The monoisotopic (exact) mass is 250 g/mol. The van der Waals surface area contributed by atoms with Gasteiger partial charge in [-0.1, -0.05) is 33.3 Å². The number of amides is 1. The zero-order valence-corrected chi connectivity index (χ0v) is 11.3. The first kappa shape index (κ1) is 14.4. The van der Waals surface area contributed by atoms with Gasteiger partial charge in [0, 0.05) is 11.4 Å². The van der Waals surface area contributed by atoms with Gasteiger partial charge in [0.15, 0.2) is 0 Å². The van der Waals surface area contributed by atoms with E-state index in [2.05, 4.69) is 19.2 Å². The number of nitrogen functional groups attached to an aromatic ring is 1. The molecule has 0 radical (unpaired) electrons. The van der Waals surface area contributed by atoms with Crippen molar-refractivity contribution in [1.29, 1.82) is 0 Å². The van der Waals surface area contributed by atoms with Gasteiger partial charge in [0.25, 0.3) is 0 Å². The molecule has 0 saturated heterocycles. The Bertz CT molecular complexity index is 403. The highest BCUT2D eigenvalue weighted by molar-refractivity contribution is 5.85. The quantitative estimate of drug-likeness (QED) is 0.618. The molecular weight excluding hydrogens is 228 g/mol. The number of benzene rings is 1. The molecular formula is C14H22N2O2. The van der Waals surface area contributed by atoms with Crippen LogP contribution in [-0.4, -0.2) is 12.7 Å². The van der Waals surface area contributed by atoms with Crippen molar-refractivity contribution in [1.82, 2.24) is 0 Å². The maximum absolute atomic E-state index is 11.4. The molecule has 18 heavy (non-hydrogen) atoms. The van der Waals surface area contributed by atoms with Crippen LogP contribution >= 0.6 is 0 Å². The number of unbranched alkanes of at least 4 members (excludes halogenated alkanes) is 1. The molecule has 100 valence electrons. The molecule has 4 nitrogen and oxygen atoms in total. The molecule has 1 amide bonds. The second-order valence-corrected chi connectivity index (χ2v) is 4.61. The van der Waals surface area contributed by atoms with Crippen molar-refractivity contribution in [3.05, 3.63) is 23.8 Å². The van der Waals surface area contributed by atoms with Gasteiger partial charge in [-0.25, -0.2) is 4.79 Å². The second-order valence-electron chi connectivity index (χ2n) is 4.61. The first-order valence-corrected chi connectivity index (χ1v) is 6.37. The van der Waals surface area contributed by atoms with E-state index in [1.807, 2.05) is 19.1 Å². The van der Waals surface area contributed by atoms with Gasteiger partial charge in [0.05, 0.1) is 6.61 Å². The van der Waals surface area contributed by atoms with E-state index in [0.717, 1.165) is 18.4 Å². The van der Waals surface area contributed by atoms with Gasteiger partial charge in [0.1, 0.15) is 0 Å². The van der Waals surface area contributed by atoms with Crippen LogP contribution in [0.1, 0.15) is 45.1 Å². The third-order valence-corrected chi connectivity index (χ3v) is 2.69. The number of nitrogens with two attached hydrogens (primary N) is 1. The zero-order valence-electron chi connectivity index (χ0n) is 11.3. The lowest BCUT2D eigenvalue weighted by atomic mass is 10.0. The van der Waals surface area contributed by atoms with E-state index < -0.39 is 6.09 Å². The number of ether oxygens (including phenoxy) is 1. The number of rotatable bonds is 5. The summed E-state index contributed by atoms with van der Waals surface area (Å²) in [5.41, 5.74) is 8.37. The van der Waals surface area contributed by atoms with Crippen molar-refractivity contribution < 1.29 is 9.53 Å². The van der Waals surface area contributed by atoms with Crippen LogP contribution in [0.3, 0.4) is 0 Å². The average Bonchev–Trinajstić information content (AvgIpc) is 2.28. The minimum atomic E-state index is -0.430. The van der Waals surface area contributed by atoms with Crippen LogP contribution in [0.2, 0.25) is 0 Å². The summed E-state index contributed by atoms with van der Waals surface area (Å²) in [6, 6.07) is 5.53. The first-order valence-electron chi connectivity index (χ1n) is 6.37. The minimum absolute atomic E-state index is 0.371. The largest absolute Gasteiger partial charge is 0.449 e. The van der Waals surface area contributed by atoms with E-state index in [1.54, 1.807) is 6.07 Å². The molecule has 0 aliphatic heterocycles. The highest BCUT2D eigenvalue weighted by atomic mass is 16.5. The van der Waals surface area contributed by atoms with Crippen molar-refractivity contribution >= 4 is 17.5 Å². The molecule has 0 atom stereocenters. The van der Waals surface area contributed by atoms with Crippen LogP contribution in [0.5, 0.6) is 0 Å². The molecule has 0 spiro atoms. The Morgan fingerprint density at radius 3 is 2.72 bits per heavy atom. The molecule has 1 aromatic carbocycles. The van der Waals surface area contributed by atoms with Gasteiger partial charge in [-0.2, -0.15) is 0 Å². The van der Waals surface area contributed by atoms with Gasteiger partial charge in [-0.05, 0) is 30.0 Å². The summed E-state index contributed by atoms with van der Waals surface area (Å²) in [6.07, 6.45) is 1.45. The minimum Gasteiger partial charge on any atom is -0.449 e. The van der Waals surface area contributed by atoms with Crippen LogP contribution in [0.25, 0.3) is 0 Å². The van der Waals surface area contributed by atoms with Crippen LogP contribution in [0.4, 0.5) is 16.2 Å². The third-order valence-electron chi connectivity index (χ3n) is 2.69. The summed E-state index contributed by atoms with van der Waals surface area (Å²) >= 11 is 0. The maximum atomic E-state index is 11.4. The zero-order chi connectivity index (χ0) is 13.5. The van der Waals surface area contributed by atoms with Crippen molar-refractivity contribution in [3.8, 4) is 0 Å². The summed E-state index contributed by atoms with van der Waals surface area (Å²) in [6.45, 7) is 6.66. The molecule has 0 heterocycles. The van der Waals surface area contributed by atoms with Crippen LogP contribution in [0, 0.1) is 0 Å². The van der Waals surface area contributed by atoms with E-state index in [9.17, 15) is 4.79 Å². The Hall–Kier alpha value is -1.71. The third kappa shape index (κ3) is 4.28. The molecule has 0 aliphatic rings. The number of carbonyl (C=O) groups excluding carboxylic acids is 1. The number of hydrogen-bond acceptors (Lipinski definition) is 3. The van der Waals surface area contributed by atoms with E-state index in [0.29, 0.717) is 23.9 Å². The van der Waals surface area contributed by atoms with E-state index in [1.165, 1.54) is 0 Å². The van der Waals surface area contributed by atoms with Gasteiger partial charge < -0.3 is 10.5 Å². The normalized spacial score (nSPS) is 10.4. The predicted molar refractivity (Wildman–Crippen MR) is 74.8 cm³/mol. The Balaban J connectivity index is 2.58. The highest BCUT2D eigenvalue weighted by Gasteiger charge is 2.07. The van der Waals surface area contributed by atoms with Crippen LogP contribution in [-0.2, 0) is 4.74 Å². The summed E-state index contributed by atoms with van der Waals surface area (Å²) in [5, 5.41) is 2.67. The molecule has 0 saturated carbocycles. The van der Waals surface area contributed by atoms with Gasteiger partial charge >= 0.3 is 6.09 Å². The van der Waals surface area contributed by atoms with E-state index in [-0.39, 0.29) is 0 Å². The molecule has 3 N–H and O–H groups in total. The average molecular weight is 250 g/mol. The lowest BCUT2D eigenvalue weighted by Crippen LogP contribution is -2.14. The van der Waals surface area contributed by atoms with E-state index in [4.69, 9.17) is 10.5 Å². The topological polar surface area (TPSA) is 64.3 Å². The number of nitrogens with one attached hydrogen (secondary N) is 1. The summed E-state index contributed by atoms with van der Waals surface area (Å²) < 4.78 is 5.01. The van der Waals surface area contributed by atoms with Crippen molar-refractivity contribution in [2.24, 2.45) is 0 Å². The smallest absolute Gasteiger partial charge is 0.411 e. The summed E-state index contributed by atoms with van der Waals surface area (Å²) in [7, 11) is 0. The molecule has 0 aromatic heterocycles. The number of carbonyl (C=O) groups is 1. The van der Waals surface area contributed by atoms with Crippen molar-refractivity contribution in [3.63, 3.8) is 0 Å². The lowest BCUT2D eigenvalue weighted by molar-refractivity contribution is 0.160. The molecule has 0 unspecified atom stereocenters. The summed E-state index contributed by atoms with van der Waals surface area (Å²) in [5.74, 6) is 0.371. The van der Waals surface area contributed by atoms with Gasteiger partial charge in [0.2, 0.25) is 0 Å². The van der Waals surface area contributed by atoms with Crippen LogP contribution < -0.4 is 11.1 Å². The predicted octanol–water partition coefficient (Wildman–Crippen LogP) is 3.74. The molecule has 1 aromatic rings. The second kappa shape index (κ2) is 6.89.